The molecule has 0 bridgehead atoms. The molecule has 2 aromatic heterocycles. The van der Waals surface area contributed by atoms with Gasteiger partial charge in [-0.05, 0) is 18.9 Å². The van der Waals surface area contributed by atoms with Crippen molar-refractivity contribution in [3.8, 4) is 0 Å². The van der Waals surface area contributed by atoms with E-state index in [1.54, 1.807) is 17.2 Å². The zero-order chi connectivity index (χ0) is 26.6. The van der Waals surface area contributed by atoms with Crippen LogP contribution in [0.2, 0.25) is 0 Å². The highest BCUT2D eigenvalue weighted by Gasteiger charge is 2.31. The first-order valence-corrected chi connectivity index (χ1v) is 13.2. The number of piperidine rings is 1. The fourth-order valence-corrected chi connectivity index (χ4v) is 4.69. The monoisotopic (exact) mass is 523 g/mol. The maximum atomic E-state index is 13.8. The molecule has 3 aromatic rings. The summed E-state index contributed by atoms with van der Waals surface area (Å²) in [6.07, 6.45) is 7.04. The lowest BCUT2D eigenvalue weighted by molar-refractivity contribution is -0.122. The SMILES string of the molecule is NCCOCCOCCOCCN(C(=O)C1CCCN(c2cncc3ccccc23)C1)c1ccc(=O)[nH]c1. The van der Waals surface area contributed by atoms with E-state index in [4.69, 9.17) is 19.9 Å². The average molecular weight is 524 g/mol. The van der Waals surface area contributed by atoms with E-state index < -0.39 is 0 Å². The van der Waals surface area contributed by atoms with Crippen LogP contribution in [-0.2, 0) is 19.0 Å². The number of hydrogen-bond donors (Lipinski definition) is 2. The second kappa shape index (κ2) is 14.6. The minimum atomic E-state index is -0.211. The van der Waals surface area contributed by atoms with Crippen LogP contribution in [0.25, 0.3) is 10.8 Å². The standard InChI is InChI=1S/C28H37N5O5/c29-9-12-36-14-16-38-17-15-37-13-11-33(24-7-8-27(34)31-19-24)28(35)23-5-3-10-32(21-23)26-20-30-18-22-4-1-2-6-25(22)26/h1-2,4,6-8,18-20,23H,3,5,9-17,21,29H2,(H,31,34). The van der Waals surface area contributed by atoms with Crippen LogP contribution < -0.4 is 21.1 Å². The molecule has 4 rings (SSSR count). The van der Waals surface area contributed by atoms with Gasteiger partial charge in [-0.25, -0.2) is 0 Å². The van der Waals surface area contributed by atoms with Gasteiger partial charge in [-0.3, -0.25) is 14.6 Å². The second-order valence-electron chi connectivity index (χ2n) is 9.19. The number of nitrogens with zero attached hydrogens (tertiary/aromatic N) is 3. The van der Waals surface area contributed by atoms with Gasteiger partial charge in [0.1, 0.15) is 0 Å². The van der Waals surface area contributed by atoms with Crippen LogP contribution in [0.4, 0.5) is 11.4 Å². The molecule has 1 saturated heterocycles. The number of nitrogens with two attached hydrogens (primary N) is 1. The van der Waals surface area contributed by atoms with Gasteiger partial charge in [-0.2, -0.15) is 0 Å². The maximum absolute atomic E-state index is 13.8. The van der Waals surface area contributed by atoms with E-state index in [-0.39, 0.29) is 17.4 Å². The largest absolute Gasteiger partial charge is 0.378 e. The fraction of sp³-hybridized carbons (Fsp3) is 0.464. The van der Waals surface area contributed by atoms with E-state index in [0.29, 0.717) is 65.0 Å². The highest BCUT2D eigenvalue weighted by atomic mass is 16.5. The molecule has 1 amide bonds. The number of hydrogen-bond acceptors (Lipinski definition) is 8. The lowest BCUT2D eigenvalue weighted by Crippen LogP contribution is -2.46. The Kier molecular flexibility index (Phi) is 10.6. The van der Waals surface area contributed by atoms with Gasteiger partial charge in [-0.15, -0.1) is 0 Å². The number of amides is 1. The lowest BCUT2D eigenvalue weighted by atomic mass is 9.95. The van der Waals surface area contributed by atoms with Crippen molar-refractivity contribution in [2.45, 2.75) is 12.8 Å². The molecule has 1 aliphatic rings. The molecular formula is C28H37N5O5. The zero-order valence-electron chi connectivity index (χ0n) is 21.7. The third-order valence-electron chi connectivity index (χ3n) is 6.57. The third kappa shape index (κ3) is 7.61. The van der Waals surface area contributed by atoms with E-state index in [0.717, 1.165) is 35.8 Å². The van der Waals surface area contributed by atoms with Crippen LogP contribution in [-0.4, -0.2) is 81.7 Å². The molecular weight excluding hydrogens is 486 g/mol. The maximum Gasteiger partial charge on any atom is 0.248 e. The van der Waals surface area contributed by atoms with E-state index in [2.05, 4.69) is 27.0 Å². The molecule has 38 heavy (non-hydrogen) atoms. The van der Waals surface area contributed by atoms with Crippen LogP contribution in [0.15, 0.2) is 59.8 Å². The van der Waals surface area contributed by atoms with Gasteiger partial charge in [0.15, 0.2) is 0 Å². The number of pyridine rings is 2. The van der Waals surface area contributed by atoms with Gasteiger partial charge in [0.05, 0.1) is 63.1 Å². The van der Waals surface area contributed by atoms with Gasteiger partial charge in [0, 0.05) is 55.4 Å². The molecule has 1 atom stereocenters. The summed E-state index contributed by atoms with van der Waals surface area (Å²) in [5.41, 5.74) is 6.87. The van der Waals surface area contributed by atoms with Crippen LogP contribution in [0, 0.1) is 5.92 Å². The number of carbonyl (C=O) groups is 1. The molecule has 1 aromatic carbocycles. The summed E-state index contributed by atoms with van der Waals surface area (Å²) in [6, 6.07) is 11.3. The number of aromatic amines is 1. The van der Waals surface area contributed by atoms with Gasteiger partial charge in [0.2, 0.25) is 11.5 Å². The van der Waals surface area contributed by atoms with Crippen molar-refractivity contribution in [1.29, 1.82) is 0 Å². The first-order valence-electron chi connectivity index (χ1n) is 13.2. The van der Waals surface area contributed by atoms with Crippen molar-refractivity contribution >= 4 is 28.1 Å². The lowest BCUT2D eigenvalue weighted by Gasteiger charge is -2.36. The van der Waals surface area contributed by atoms with Crippen molar-refractivity contribution in [3.63, 3.8) is 0 Å². The average Bonchev–Trinajstić information content (AvgIpc) is 2.96. The Morgan fingerprint density at radius 3 is 2.55 bits per heavy atom. The Bertz CT molecular complexity index is 1190. The number of anilines is 2. The summed E-state index contributed by atoms with van der Waals surface area (Å²) >= 11 is 0. The predicted molar refractivity (Wildman–Crippen MR) is 148 cm³/mol. The van der Waals surface area contributed by atoms with E-state index in [1.165, 1.54) is 6.07 Å². The minimum Gasteiger partial charge on any atom is -0.378 e. The Hall–Kier alpha value is -3.31. The van der Waals surface area contributed by atoms with Crippen molar-refractivity contribution in [3.05, 3.63) is 65.3 Å². The molecule has 0 spiro atoms. The van der Waals surface area contributed by atoms with Crippen LogP contribution in [0.5, 0.6) is 0 Å². The second-order valence-corrected chi connectivity index (χ2v) is 9.19. The van der Waals surface area contributed by atoms with Crippen molar-refractivity contribution in [2.24, 2.45) is 11.7 Å². The summed E-state index contributed by atoms with van der Waals surface area (Å²) in [4.78, 5) is 36.5. The number of ether oxygens (including phenoxy) is 3. The summed E-state index contributed by atoms with van der Waals surface area (Å²) in [7, 11) is 0. The summed E-state index contributed by atoms with van der Waals surface area (Å²) < 4.78 is 16.5. The Balaban J connectivity index is 1.36. The molecule has 10 nitrogen and oxygen atoms in total. The molecule has 1 aliphatic heterocycles. The Morgan fingerprint density at radius 1 is 1.03 bits per heavy atom. The van der Waals surface area contributed by atoms with E-state index in [1.807, 2.05) is 24.5 Å². The van der Waals surface area contributed by atoms with Crippen molar-refractivity contribution < 1.29 is 19.0 Å². The number of benzene rings is 1. The smallest absolute Gasteiger partial charge is 0.248 e. The predicted octanol–water partition coefficient (Wildman–Crippen LogP) is 2.18. The summed E-state index contributed by atoms with van der Waals surface area (Å²) in [6.45, 7) is 5.05. The molecule has 1 unspecified atom stereocenters. The minimum absolute atomic E-state index is 0.0202. The van der Waals surface area contributed by atoms with Gasteiger partial charge < -0.3 is 34.7 Å². The quantitative estimate of drug-likeness (QED) is 0.308. The first-order chi connectivity index (χ1) is 18.7. The molecule has 204 valence electrons. The third-order valence-corrected chi connectivity index (χ3v) is 6.57. The summed E-state index contributed by atoms with van der Waals surface area (Å²) in [5.74, 6) is -0.168. The van der Waals surface area contributed by atoms with Crippen LogP contribution in [0.1, 0.15) is 12.8 Å². The molecule has 3 N–H and O–H groups in total. The molecule has 0 radical (unpaired) electrons. The van der Waals surface area contributed by atoms with Gasteiger partial charge in [-0.1, -0.05) is 24.3 Å². The number of fused-ring (bicyclic) bond motifs is 1. The van der Waals surface area contributed by atoms with Crippen molar-refractivity contribution in [1.82, 2.24) is 9.97 Å². The molecule has 0 aliphatic carbocycles. The highest BCUT2D eigenvalue weighted by Crippen LogP contribution is 2.30. The van der Waals surface area contributed by atoms with Gasteiger partial charge in [0.25, 0.3) is 0 Å². The van der Waals surface area contributed by atoms with E-state index >= 15 is 0 Å². The molecule has 0 saturated carbocycles. The Morgan fingerprint density at radius 2 is 1.79 bits per heavy atom. The highest BCUT2D eigenvalue weighted by molar-refractivity contribution is 5.96. The number of nitrogens with one attached hydrogen (secondary N) is 1. The van der Waals surface area contributed by atoms with E-state index in [9.17, 15) is 9.59 Å². The van der Waals surface area contributed by atoms with Crippen LogP contribution in [0.3, 0.4) is 0 Å². The molecule has 10 heteroatoms. The Labute approximate surface area is 222 Å². The number of H-pyrrole nitrogens is 1. The van der Waals surface area contributed by atoms with Crippen LogP contribution >= 0.6 is 0 Å². The number of carbonyl (C=O) groups excluding carboxylic acids is 1. The first kappa shape index (κ1) is 27.7. The van der Waals surface area contributed by atoms with Gasteiger partial charge >= 0.3 is 0 Å². The number of aromatic nitrogens is 2. The normalized spacial score (nSPS) is 15.6. The zero-order valence-corrected chi connectivity index (χ0v) is 21.7. The topological polar surface area (TPSA) is 123 Å². The number of rotatable bonds is 14. The van der Waals surface area contributed by atoms with Crippen molar-refractivity contribution in [2.75, 3.05) is 75.6 Å². The fourth-order valence-electron chi connectivity index (χ4n) is 4.69. The summed E-state index contributed by atoms with van der Waals surface area (Å²) in [5, 5.41) is 2.21. The molecule has 1 fully saturated rings. The molecule has 3 heterocycles.